The van der Waals surface area contributed by atoms with Crippen molar-refractivity contribution in [3.63, 3.8) is 0 Å². The molecule has 5 nitrogen and oxygen atoms in total. The molecule has 1 aliphatic carbocycles. The van der Waals surface area contributed by atoms with E-state index in [2.05, 4.69) is 17.1 Å². The van der Waals surface area contributed by atoms with Crippen molar-refractivity contribution >= 4 is 0 Å². The number of aromatic nitrogens is 2. The molecular formula is C16H21N3O2. The van der Waals surface area contributed by atoms with Crippen molar-refractivity contribution in [3.05, 3.63) is 41.5 Å². The van der Waals surface area contributed by atoms with Crippen LogP contribution in [0.5, 0.6) is 5.75 Å². The van der Waals surface area contributed by atoms with Crippen molar-refractivity contribution in [3.8, 4) is 5.75 Å². The highest BCUT2D eigenvalue weighted by molar-refractivity contribution is 5.27. The lowest BCUT2D eigenvalue weighted by atomic mass is 9.78. The van der Waals surface area contributed by atoms with Gasteiger partial charge in [-0.15, -0.1) is 0 Å². The largest absolute Gasteiger partial charge is 0.508 e. The molecule has 3 N–H and O–H groups in total. The van der Waals surface area contributed by atoms with Crippen LogP contribution in [-0.4, -0.2) is 15.2 Å². The number of phenolic OH excluding ortho intramolecular Hbond substituents is 1. The first-order valence-electron chi connectivity index (χ1n) is 7.45. The summed E-state index contributed by atoms with van der Waals surface area (Å²) in [6.07, 6.45) is 4.58. The molecule has 0 unspecified atom stereocenters. The second kappa shape index (κ2) is 5.48. The summed E-state index contributed by atoms with van der Waals surface area (Å²) in [6.45, 7) is 2.25. The molecule has 2 aromatic rings. The maximum atomic E-state index is 9.29. The number of hydrogen-bond acceptors (Lipinski definition) is 5. The number of nitrogens with zero attached hydrogens (tertiary/aromatic N) is 2. The van der Waals surface area contributed by atoms with Crippen molar-refractivity contribution in [2.75, 3.05) is 0 Å². The van der Waals surface area contributed by atoms with E-state index in [0.717, 1.165) is 37.2 Å². The molecule has 1 aliphatic rings. The lowest BCUT2D eigenvalue weighted by molar-refractivity contribution is 0.190. The zero-order valence-corrected chi connectivity index (χ0v) is 12.2. The molecule has 1 fully saturated rings. The van der Waals surface area contributed by atoms with Gasteiger partial charge in [-0.25, -0.2) is 0 Å². The normalized spacial score (nSPS) is 25.9. The van der Waals surface area contributed by atoms with Crippen LogP contribution >= 0.6 is 0 Å². The van der Waals surface area contributed by atoms with Gasteiger partial charge in [0.05, 0.1) is 5.54 Å². The summed E-state index contributed by atoms with van der Waals surface area (Å²) in [4.78, 5) is 4.48. The highest BCUT2D eigenvalue weighted by Gasteiger charge is 2.37. The molecular weight excluding hydrogens is 266 g/mol. The van der Waals surface area contributed by atoms with Crippen molar-refractivity contribution < 1.29 is 9.63 Å². The average Bonchev–Trinajstić information content (AvgIpc) is 2.94. The molecule has 5 heteroatoms. The third-order valence-corrected chi connectivity index (χ3v) is 4.36. The van der Waals surface area contributed by atoms with Gasteiger partial charge >= 0.3 is 0 Å². The maximum absolute atomic E-state index is 9.29. The number of phenols is 1. The number of benzene rings is 1. The van der Waals surface area contributed by atoms with Gasteiger partial charge < -0.3 is 15.4 Å². The highest BCUT2D eigenvalue weighted by Crippen LogP contribution is 2.36. The second-order valence-corrected chi connectivity index (χ2v) is 6.20. The van der Waals surface area contributed by atoms with Crippen LogP contribution in [0.15, 0.2) is 28.8 Å². The van der Waals surface area contributed by atoms with E-state index in [1.807, 2.05) is 12.1 Å². The monoisotopic (exact) mass is 287 g/mol. The molecule has 3 rings (SSSR count). The fourth-order valence-corrected chi connectivity index (χ4v) is 2.82. The zero-order valence-electron chi connectivity index (χ0n) is 12.2. The van der Waals surface area contributed by atoms with E-state index in [0.29, 0.717) is 18.1 Å². The molecule has 1 saturated carbocycles. The number of aromatic hydroxyl groups is 1. The van der Waals surface area contributed by atoms with Crippen LogP contribution < -0.4 is 5.73 Å². The minimum atomic E-state index is -0.466. The minimum absolute atomic E-state index is 0.254. The molecule has 0 amide bonds. The molecule has 0 atom stereocenters. The van der Waals surface area contributed by atoms with Crippen LogP contribution in [0.4, 0.5) is 0 Å². The third-order valence-electron chi connectivity index (χ3n) is 4.36. The highest BCUT2D eigenvalue weighted by atomic mass is 16.5. The molecule has 0 bridgehead atoms. The zero-order chi connectivity index (χ0) is 14.9. The van der Waals surface area contributed by atoms with E-state index in [1.54, 1.807) is 12.1 Å². The lowest BCUT2D eigenvalue weighted by Crippen LogP contribution is -2.40. The molecule has 1 aromatic carbocycles. The van der Waals surface area contributed by atoms with Crippen LogP contribution in [0.3, 0.4) is 0 Å². The van der Waals surface area contributed by atoms with Crippen molar-refractivity contribution in [1.82, 2.24) is 10.1 Å². The Morgan fingerprint density at radius 3 is 2.62 bits per heavy atom. The summed E-state index contributed by atoms with van der Waals surface area (Å²) >= 11 is 0. The maximum Gasteiger partial charge on any atom is 0.246 e. The van der Waals surface area contributed by atoms with Crippen molar-refractivity contribution in [2.24, 2.45) is 11.7 Å². The molecule has 0 aliphatic heterocycles. The summed E-state index contributed by atoms with van der Waals surface area (Å²) in [5.74, 6) is 2.17. The Kier molecular flexibility index (Phi) is 3.68. The Labute approximate surface area is 124 Å². The lowest BCUT2D eigenvalue weighted by Gasteiger charge is -2.32. The first-order chi connectivity index (χ1) is 10.0. The molecule has 1 heterocycles. The fraction of sp³-hybridized carbons (Fsp3) is 0.500. The first kappa shape index (κ1) is 14.1. The third kappa shape index (κ3) is 3.08. The Morgan fingerprint density at radius 1 is 1.29 bits per heavy atom. The summed E-state index contributed by atoms with van der Waals surface area (Å²) in [5, 5.41) is 13.3. The van der Waals surface area contributed by atoms with Gasteiger partial charge in [0.1, 0.15) is 5.75 Å². The number of rotatable bonds is 3. The SMILES string of the molecule is CC1CCC(N)(c2nc(Cc3ccc(O)cc3)no2)CC1. The Hall–Kier alpha value is -1.88. The quantitative estimate of drug-likeness (QED) is 0.906. The van der Waals surface area contributed by atoms with Crippen LogP contribution in [0.1, 0.15) is 49.9 Å². The number of hydrogen-bond donors (Lipinski definition) is 2. The summed E-state index contributed by atoms with van der Waals surface area (Å²) in [6, 6.07) is 7.02. The predicted octanol–water partition coefficient (Wildman–Crippen LogP) is 2.73. The van der Waals surface area contributed by atoms with Gasteiger partial charge in [0.25, 0.3) is 0 Å². The summed E-state index contributed by atoms with van der Waals surface area (Å²) in [5.41, 5.74) is 7.01. The fourth-order valence-electron chi connectivity index (χ4n) is 2.82. The van der Waals surface area contributed by atoms with Crippen LogP contribution in [0, 0.1) is 5.92 Å². The van der Waals surface area contributed by atoms with E-state index < -0.39 is 5.54 Å². The van der Waals surface area contributed by atoms with Gasteiger partial charge in [-0.05, 0) is 49.3 Å². The average molecular weight is 287 g/mol. The number of nitrogens with two attached hydrogens (primary N) is 1. The molecule has 112 valence electrons. The second-order valence-electron chi connectivity index (χ2n) is 6.20. The molecule has 0 radical (unpaired) electrons. The van der Waals surface area contributed by atoms with E-state index >= 15 is 0 Å². The van der Waals surface area contributed by atoms with Gasteiger partial charge in [-0.3, -0.25) is 0 Å². The van der Waals surface area contributed by atoms with Crippen molar-refractivity contribution in [2.45, 2.75) is 44.6 Å². The van der Waals surface area contributed by atoms with Crippen LogP contribution in [0.2, 0.25) is 0 Å². The first-order valence-corrected chi connectivity index (χ1v) is 7.45. The van der Waals surface area contributed by atoms with E-state index in [4.69, 9.17) is 10.3 Å². The van der Waals surface area contributed by atoms with Gasteiger partial charge in [0, 0.05) is 6.42 Å². The van der Waals surface area contributed by atoms with Gasteiger partial charge in [0.2, 0.25) is 5.89 Å². The van der Waals surface area contributed by atoms with E-state index in [-0.39, 0.29) is 5.75 Å². The van der Waals surface area contributed by atoms with Crippen LogP contribution in [-0.2, 0) is 12.0 Å². The Bertz CT molecular complexity index is 598. The standard InChI is InChI=1S/C16H21N3O2/c1-11-6-8-16(17,9-7-11)15-18-14(19-21-15)10-12-2-4-13(20)5-3-12/h2-5,11,20H,6-10,17H2,1H3. The smallest absolute Gasteiger partial charge is 0.246 e. The Morgan fingerprint density at radius 2 is 1.95 bits per heavy atom. The van der Waals surface area contributed by atoms with E-state index in [1.165, 1.54) is 0 Å². The summed E-state index contributed by atoms with van der Waals surface area (Å²) < 4.78 is 5.40. The predicted molar refractivity (Wildman–Crippen MR) is 78.7 cm³/mol. The van der Waals surface area contributed by atoms with Gasteiger partial charge in [-0.2, -0.15) is 4.98 Å². The topological polar surface area (TPSA) is 85.2 Å². The minimum Gasteiger partial charge on any atom is -0.508 e. The molecule has 1 aromatic heterocycles. The molecule has 0 spiro atoms. The van der Waals surface area contributed by atoms with Gasteiger partial charge in [-0.1, -0.05) is 24.2 Å². The molecule has 0 saturated heterocycles. The van der Waals surface area contributed by atoms with Crippen molar-refractivity contribution in [1.29, 1.82) is 0 Å². The summed E-state index contributed by atoms with van der Waals surface area (Å²) in [7, 11) is 0. The van der Waals surface area contributed by atoms with E-state index in [9.17, 15) is 5.11 Å². The Balaban J connectivity index is 1.72. The van der Waals surface area contributed by atoms with Crippen LogP contribution in [0.25, 0.3) is 0 Å². The van der Waals surface area contributed by atoms with Gasteiger partial charge in [0.15, 0.2) is 5.82 Å². The molecule has 21 heavy (non-hydrogen) atoms.